The molecule has 2 heterocycles. The molecule has 2 aromatic carbocycles. The van der Waals surface area contributed by atoms with E-state index in [0.717, 1.165) is 62.7 Å². The van der Waals surface area contributed by atoms with E-state index in [1.165, 1.54) is 0 Å². The predicted molar refractivity (Wildman–Crippen MR) is 165 cm³/mol. The van der Waals surface area contributed by atoms with Gasteiger partial charge in [-0.3, -0.25) is 14.5 Å². The van der Waals surface area contributed by atoms with Gasteiger partial charge in [0.1, 0.15) is 49.5 Å². The van der Waals surface area contributed by atoms with Crippen LogP contribution in [0.15, 0.2) is 18.2 Å². The summed E-state index contributed by atoms with van der Waals surface area (Å²) >= 11 is 0. The normalized spacial score (nSPS) is 16.1. The Bertz CT molecular complexity index is 1270. The number of carbonyl (C=O) groups excluding carboxylic acids is 3. The summed E-state index contributed by atoms with van der Waals surface area (Å²) in [4.78, 5) is 42.5. The molecule has 12 heteroatoms. The largest absolute Gasteiger partial charge is 0.506 e. The first-order valence-electron chi connectivity index (χ1n) is 14.2. The number of amides is 2. The Labute approximate surface area is 247 Å². The number of nitrogens with zero attached hydrogens (tertiary/aromatic N) is 3. The molecule has 2 N–H and O–H groups in total. The Morgan fingerprint density at radius 1 is 1.02 bits per heavy atom. The molecule has 2 aliphatic rings. The second-order valence-electron chi connectivity index (χ2n) is 10.7. The van der Waals surface area contributed by atoms with E-state index in [2.05, 4.69) is 16.3 Å². The summed E-state index contributed by atoms with van der Waals surface area (Å²) in [5.41, 5.74) is 3.84. The number of aromatic hydroxyl groups is 1. The van der Waals surface area contributed by atoms with Gasteiger partial charge in [0.2, 0.25) is 5.91 Å². The zero-order chi connectivity index (χ0) is 29.7. The van der Waals surface area contributed by atoms with E-state index in [9.17, 15) is 19.5 Å². The molecule has 8 nitrogen and oxygen atoms in total. The van der Waals surface area contributed by atoms with Crippen LogP contribution in [0.4, 0.5) is 5.69 Å². The monoisotopic (exact) mass is 546 g/mol. The van der Waals surface area contributed by atoms with Crippen LogP contribution in [-0.4, -0.2) is 110 Å². The van der Waals surface area contributed by atoms with Crippen LogP contribution in [0.25, 0.3) is 0 Å². The van der Waals surface area contributed by atoms with E-state index in [1.807, 2.05) is 17.0 Å². The zero-order valence-corrected chi connectivity index (χ0v) is 23.7. The van der Waals surface area contributed by atoms with Crippen LogP contribution in [0.1, 0.15) is 53.6 Å². The summed E-state index contributed by atoms with van der Waals surface area (Å²) in [6, 6.07) is 5.13. The fraction of sp³-hybridized carbons (Fsp3) is 0.483. The fourth-order valence-corrected chi connectivity index (χ4v) is 5.87. The van der Waals surface area contributed by atoms with Crippen molar-refractivity contribution in [3.63, 3.8) is 0 Å². The Morgan fingerprint density at radius 2 is 1.73 bits per heavy atom. The van der Waals surface area contributed by atoms with Crippen molar-refractivity contribution in [3.8, 4) is 5.75 Å². The van der Waals surface area contributed by atoms with Gasteiger partial charge in [0.25, 0.3) is 5.91 Å². The molecule has 1 saturated heterocycles. The van der Waals surface area contributed by atoms with Crippen molar-refractivity contribution < 1.29 is 19.5 Å². The molecule has 8 radical (unpaired) electrons. The van der Waals surface area contributed by atoms with Gasteiger partial charge in [0, 0.05) is 51.8 Å². The lowest BCUT2D eigenvalue weighted by Crippen LogP contribution is -2.53. The molecule has 1 atom stereocenters. The number of phenols is 1. The van der Waals surface area contributed by atoms with E-state index >= 15 is 0 Å². The summed E-state index contributed by atoms with van der Waals surface area (Å²) < 4.78 is 0. The second kappa shape index (κ2) is 13.7. The Balaban J connectivity index is 1.26. The summed E-state index contributed by atoms with van der Waals surface area (Å²) in [6.07, 6.45) is 5.24. The molecule has 0 saturated carbocycles. The molecule has 41 heavy (non-hydrogen) atoms. The second-order valence-corrected chi connectivity index (χ2v) is 10.7. The quantitative estimate of drug-likeness (QED) is 0.185. The molecule has 0 aromatic heterocycles. The van der Waals surface area contributed by atoms with Gasteiger partial charge >= 0.3 is 0 Å². The third-order valence-corrected chi connectivity index (χ3v) is 8.29. The number of piperazine rings is 1. The van der Waals surface area contributed by atoms with Gasteiger partial charge in [-0.15, -0.1) is 10.9 Å². The number of hydrogen-bond donors (Lipinski definition) is 2. The lowest BCUT2D eigenvalue weighted by atomic mass is 9.65. The van der Waals surface area contributed by atoms with Crippen molar-refractivity contribution in [2.45, 2.75) is 51.1 Å². The summed E-state index contributed by atoms with van der Waals surface area (Å²) in [5.74, 6) is -0.526. The van der Waals surface area contributed by atoms with Gasteiger partial charge in [0.15, 0.2) is 0 Å². The van der Waals surface area contributed by atoms with E-state index in [0.29, 0.717) is 37.3 Å². The van der Waals surface area contributed by atoms with Gasteiger partial charge in [-0.25, -0.2) is 0 Å². The highest BCUT2D eigenvalue weighted by Gasteiger charge is 2.36. The minimum atomic E-state index is -0.659. The molecular weight excluding hydrogens is 512 g/mol. The molecular formula is C29H34B4N4O4. The van der Waals surface area contributed by atoms with E-state index < -0.39 is 6.04 Å². The molecule has 1 unspecified atom stereocenters. The first-order chi connectivity index (χ1) is 19.7. The number of fused-ring (bicyclic) bond motifs is 1. The average Bonchev–Trinajstić information content (AvgIpc) is 3.32. The maximum absolute atomic E-state index is 13.1. The molecule has 2 amide bonds. The Morgan fingerprint density at radius 3 is 2.41 bits per heavy atom. The third kappa shape index (κ3) is 6.53. The molecule has 4 rings (SSSR count). The van der Waals surface area contributed by atoms with Crippen LogP contribution in [0, 0.1) is 0 Å². The summed E-state index contributed by atoms with van der Waals surface area (Å²) in [6.45, 7) is 4.37. The van der Waals surface area contributed by atoms with Crippen molar-refractivity contribution in [1.29, 1.82) is 0 Å². The number of hydrogen-bond acceptors (Lipinski definition) is 6. The van der Waals surface area contributed by atoms with Crippen LogP contribution in [0.5, 0.6) is 5.75 Å². The summed E-state index contributed by atoms with van der Waals surface area (Å²) in [7, 11) is 25.5. The molecule has 2 aromatic rings. The molecule has 0 aliphatic carbocycles. The van der Waals surface area contributed by atoms with Crippen molar-refractivity contribution in [3.05, 3.63) is 34.9 Å². The number of phenolic OH excluding ortho intramolecular Hbond substituents is 1. The topological polar surface area (TPSA) is 93.2 Å². The highest BCUT2D eigenvalue weighted by Crippen LogP contribution is 2.30. The lowest BCUT2D eigenvalue weighted by Gasteiger charge is -2.38. The van der Waals surface area contributed by atoms with E-state index in [-0.39, 0.29) is 45.8 Å². The summed E-state index contributed by atoms with van der Waals surface area (Å²) in [5, 5.41) is 13.2. The number of benzene rings is 2. The first-order valence-corrected chi connectivity index (χ1v) is 14.2. The number of aryl methyl sites for hydroxylation is 1. The van der Waals surface area contributed by atoms with Gasteiger partial charge in [-0.1, -0.05) is 29.5 Å². The molecule has 1 fully saturated rings. The highest BCUT2D eigenvalue weighted by molar-refractivity contribution is 6.64. The SMILES string of the molecule is [B]c1c([B])c([B])c(N2CCN(CCCCCc3cccc4c3CN(C(CCC=O)C(=O)NC)C4=O)CC2)c(O)c1[B]. The smallest absolute Gasteiger partial charge is 0.255 e. The standard InChI is InChI=1S/C29H34B4N4O4/c1-34-28(40)21(10-6-16-38)37-17-20-18(8-5-9-19(20)29(37)41)7-3-2-4-11-35-12-14-36(15-13-35)26-24(32)22(30)23(31)25(33)27(26)39/h5,8-9,16,21,39H,2-4,6-7,10-15,17H2,1H3,(H,34,40). The molecule has 0 spiro atoms. The van der Waals surface area contributed by atoms with Crippen molar-refractivity contribution in [2.75, 3.05) is 44.7 Å². The van der Waals surface area contributed by atoms with Gasteiger partial charge in [-0.2, -0.15) is 0 Å². The van der Waals surface area contributed by atoms with Crippen molar-refractivity contribution >= 4 is 77.0 Å². The number of rotatable bonds is 12. The number of likely N-dealkylation sites (N-methyl/N-ethyl adjacent to an activating group) is 1. The minimum Gasteiger partial charge on any atom is -0.506 e. The number of anilines is 1. The third-order valence-electron chi connectivity index (χ3n) is 8.29. The van der Waals surface area contributed by atoms with E-state index in [4.69, 9.17) is 31.4 Å². The van der Waals surface area contributed by atoms with Crippen LogP contribution < -0.4 is 32.1 Å². The molecule has 0 bridgehead atoms. The van der Waals surface area contributed by atoms with Crippen LogP contribution in [0.3, 0.4) is 0 Å². The van der Waals surface area contributed by atoms with Crippen LogP contribution in [0.2, 0.25) is 0 Å². The highest BCUT2D eigenvalue weighted by atomic mass is 16.3. The lowest BCUT2D eigenvalue weighted by molar-refractivity contribution is -0.125. The first kappa shape index (κ1) is 30.8. The Kier molecular flexibility index (Phi) is 10.3. The number of unbranched alkanes of at least 4 members (excludes halogenated alkanes) is 2. The zero-order valence-electron chi connectivity index (χ0n) is 23.7. The van der Waals surface area contributed by atoms with Crippen LogP contribution in [-0.2, 0) is 22.6 Å². The van der Waals surface area contributed by atoms with E-state index in [1.54, 1.807) is 11.9 Å². The fourth-order valence-electron chi connectivity index (χ4n) is 5.87. The molecule has 2 aliphatic heterocycles. The van der Waals surface area contributed by atoms with Crippen LogP contribution >= 0.6 is 0 Å². The minimum absolute atomic E-state index is 0.0550. The van der Waals surface area contributed by atoms with Gasteiger partial charge < -0.3 is 25.0 Å². The van der Waals surface area contributed by atoms with Crippen molar-refractivity contribution in [2.24, 2.45) is 0 Å². The number of carbonyl (C=O) groups is 3. The van der Waals surface area contributed by atoms with Crippen molar-refractivity contribution in [1.82, 2.24) is 15.1 Å². The molecule has 206 valence electrons. The number of aldehydes is 1. The Hall–Kier alpha value is -3.13. The predicted octanol–water partition coefficient (Wildman–Crippen LogP) is -1.85. The van der Waals surface area contributed by atoms with Gasteiger partial charge in [-0.05, 0) is 49.4 Å². The van der Waals surface area contributed by atoms with Gasteiger partial charge in [0.05, 0.1) is 5.69 Å². The average molecular weight is 546 g/mol. The maximum Gasteiger partial charge on any atom is 0.255 e. The maximum atomic E-state index is 13.1. The number of nitrogens with one attached hydrogen (secondary N) is 1.